The molecule has 3 amide bonds. The summed E-state index contributed by atoms with van der Waals surface area (Å²) in [6.07, 6.45) is 0. The predicted octanol–water partition coefficient (Wildman–Crippen LogP) is 4.03. The van der Waals surface area contributed by atoms with E-state index in [9.17, 15) is 9.59 Å². The summed E-state index contributed by atoms with van der Waals surface area (Å²) < 4.78 is 10.7. The summed E-state index contributed by atoms with van der Waals surface area (Å²) in [6, 6.07) is 11.0. The Kier molecular flexibility index (Phi) is 7.67. The lowest BCUT2D eigenvalue weighted by Crippen LogP contribution is -2.28. The maximum Gasteiger partial charge on any atom is 0.319 e. The standard InChI is InChI=1S/C23H26N4O4S/c1-14-8-15(2)10-17(9-14)26-23(29)25-12-20-27-18(13-32-20)22(28)24-11-16-6-5-7-19(30-3)21(16)31-4/h5-10,13H,11-12H2,1-4H3,(H,24,28)(H2,25,26,29). The second-order valence-corrected chi connectivity index (χ2v) is 8.09. The summed E-state index contributed by atoms with van der Waals surface area (Å²) in [7, 11) is 3.12. The third-order valence-electron chi connectivity index (χ3n) is 4.59. The first-order chi connectivity index (χ1) is 15.4. The van der Waals surface area contributed by atoms with Gasteiger partial charge in [-0.05, 0) is 43.2 Å². The summed E-state index contributed by atoms with van der Waals surface area (Å²) in [6.45, 7) is 4.44. The van der Waals surface area contributed by atoms with Gasteiger partial charge < -0.3 is 25.4 Å². The second kappa shape index (κ2) is 10.6. The number of aryl methyl sites for hydroxylation is 2. The first-order valence-corrected chi connectivity index (χ1v) is 10.8. The highest BCUT2D eigenvalue weighted by Gasteiger charge is 2.14. The minimum Gasteiger partial charge on any atom is -0.493 e. The molecule has 0 aliphatic rings. The second-order valence-electron chi connectivity index (χ2n) is 7.15. The van der Waals surface area contributed by atoms with Crippen LogP contribution in [0.25, 0.3) is 0 Å². The Morgan fingerprint density at radius 2 is 1.75 bits per heavy atom. The van der Waals surface area contributed by atoms with E-state index < -0.39 is 0 Å². The fourth-order valence-corrected chi connectivity index (χ4v) is 3.95. The number of urea groups is 1. The largest absolute Gasteiger partial charge is 0.493 e. The van der Waals surface area contributed by atoms with Gasteiger partial charge in [0.2, 0.25) is 0 Å². The van der Waals surface area contributed by atoms with Crippen molar-refractivity contribution in [2.45, 2.75) is 26.9 Å². The molecular formula is C23H26N4O4S. The lowest BCUT2D eigenvalue weighted by molar-refractivity contribution is 0.0946. The van der Waals surface area contributed by atoms with Gasteiger partial charge in [-0.3, -0.25) is 4.79 Å². The summed E-state index contributed by atoms with van der Waals surface area (Å²) in [5.74, 6) is 0.866. The van der Waals surface area contributed by atoms with Gasteiger partial charge in [-0.25, -0.2) is 9.78 Å². The number of methoxy groups -OCH3 is 2. The molecule has 0 bridgehead atoms. The number of hydrogen-bond donors (Lipinski definition) is 3. The molecule has 0 saturated heterocycles. The highest BCUT2D eigenvalue weighted by atomic mass is 32.1. The third-order valence-corrected chi connectivity index (χ3v) is 5.44. The zero-order valence-electron chi connectivity index (χ0n) is 18.4. The van der Waals surface area contributed by atoms with E-state index in [-0.39, 0.29) is 25.0 Å². The van der Waals surface area contributed by atoms with Crippen molar-refractivity contribution in [3.63, 3.8) is 0 Å². The Hall–Kier alpha value is -3.59. The van der Waals surface area contributed by atoms with Gasteiger partial charge in [-0.15, -0.1) is 11.3 Å². The quantitative estimate of drug-likeness (QED) is 0.477. The molecule has 0 atom stereocenters. The fraction of sp³-hybridized carbons (Fsp3) is 0.261. The van der Waals surface area contributed by atoms with Gasteiger partial charge in [0.1, 0.15) is 10.7 Å². The van der Waals surface area contributed by atoms with E-state index in [0.717, 1.165) is 22.4 Å². The van der Waals surface area contributed by atoms with Crippen LogP contribution < -0.4 is 25.4 Å². The summed E-state index contributed by atoms with van der Waals surface area (Å²) in [5.41, 5.74) is 3.96. The molecule has 3 aromatic rings. The number of ether oxygens (including phenoxy) is 2. The van der Waals surface area contributed by atoms with Gasteiger partial charge >= 0.3 is 6.03 Å². The predicted molar refractivity (Wildman–Crippen MR) is 125 cm³/mol. The molecule has 0 fully saturated rings. The van der Waals surface area contributed by atoms with Crippen molar-refractivity contribution in [2.75, 3.05) is 19.5 Å². The van der Waals surface area contributed by atoms with Crippen LogP contribution in [0.2, 0.25) is 0 Å². The van der Waals surface area contributed by atoms with E-state index in [4.69, 9.17) is 9.47 Å². The molecule has 0 aliphatic heterocycles. The van der Waals surface area contributed by atoms with Crippen molar-refractivity contribution >= 4 is 29.0 Å². The average molecular weight is 455 g/mol. The van der Waals surface area contributed by atoms with Crippen molar-refractivity contribution in [3.05, 3.63) is 69.2 Å². The van der Waals surface area contributed by atoms with Crippen LogP contribution >= 0.6 is 11.3 Å². The first-order valence-electron chi connectivity index (χ1n) is 9.95. The number of nitrogens with one attached hydrogen (secondary N) is 3. The Morgan fingerprint density at radius 1 is 1.00 bits per heavy atom. The number of rotatable bonds is 8. The number of hydrogen-bond acceptors (Lipinski definition) is 6. The molecule has 1 heterocycles. The number of carbonyl (C=O) groups excluding carboxylic acids is 2. The molecule has 168 valence electrons. The lowest BCUT2D eigenvalue weighted by Gasteiger charge is -2.12. The minimum atomic E-state index is -0.332. The van der Waals surface area contributed by atoms with E-state index in [1.807, 2.05) is 44.2 Å². The van der Waals surface area contributed by atoms with Gasteiger partial charge in [0.25, 0.3) is 5.91 Å². The molecule has 0 saturated carbocycles. The van der Waals surface area contributed by atoms with E-state index >= 15 is 0 Å². The summed E-state index contributed by atoms with van der Waals surface area (Å²) >= 11 is 1.31. The molecule has 1 aromatic heterocycles. The van der Waals surface area contributed by atoms with Crippen LogP contribution in [0.3, 0.4) is 0 Å². The van der Waals surface area contributed by atoms with Crippen LogP contribution in [0.15, 0.2) is 41.8 Å². The number of amides is 3. The number of anilines is 1. The topological polar surface area (TPSA) is 102 Å². The summed E-state index contributed by atoms with van der Waals surface area (Å²) in [4.78, 5) is 29.0. The van der Waals surface area contributed by atoms with Crippen LogP contribution in [0.4, 0.5) is 10.5 Å². The summed E-state index contributed by atoms with van der Waals surface area (Å²) in [5, 5.41) is 10.7. The Morgan fingerprint density at radius 3 is 2.44 bits per heavy atom. The minimum absolute atomic E-state index is 0.221. The molecule has 9 heteroatoms. The molecule has 0 spiro atoms. The van der Waals surface area contributed by atoms with Crippen LogP contribution in [0, 0.1) is 13.8 Å². The molecule has 3 N–H and O–H groups in total. The van der Waals surface area contributed by atoms with Crippen molar-refractivity contribution in [2.24, 2.45) is 0 Å². The van der Waals surface area contributed by atoms with Crippen molar-refractivity contribution < 1.29 is 19.1 Å². The SMILES string of the molecule is COc1cccc(CNC(=O)c2csc(CNC(=O)Nc3cc(C)cc(C)c3)n2)c1OC. The Labute approximate surface area is 191 Å². The molecule has 3 rings (SSSR count). The van der Waals surface area contributed by atoms with Crippen molar-refractivity contribution in [1.29, 1.82) is 0 Å². The maximum absolute atomic E-state index is 12.5. The first kappa shape index (κ1) is 23.1. The van der Waals surface area contributed by atoms with Crippen LogP contribution in [0.1, 0.15) is 32.2 Å². The fourth-order valence-electron chi connectivity index (χ4n) is 3.23. The normalized spacial score (nSPS) is 10.4. The van der Waals surface area contributed by atoms with E-state index in [0.29, 0.717) is 22.2 Å². The number of nitrogens with zero attached hydrogens (tertiary/aromatic N) is 1. The van der Waals surface area contributed by atoms with E-state index in [1.54, 1.807) is 25.7 Å². The molecule has 8 nitrogen and oxygen atoms in total. The molecule has 0 radical (unpaired) electrons. The highest BCUT2D eigenvalue weighted by Crippen LogP contribution is 2.30. The molecule has 32 heavy (non-hydrogen) atoms. The molecule has 0 unspecified atom stereocenters. The van der Waals surface area contributed by atoms with Gasteiger partial charge in [0.15, 0.2) is 11.5 Å². The third kappa shape index (κ3) is 5.98. The highest BCUT2D eigenvalue weighted by molar-refractivity contribution is 7.09. The van der Waals surface area contributed by atoms with Crippen LogP contribution in [0.5, 0.6) is 11.5 Å². The number of thiazole rings is 1. The van der Waals surface area contributed by atoms with Crippen LogP contribution in [-0.2, 0) is 13.1 Å². The number of aromatic nitrogens is 1. The smallest absolute Gasteiger partial charge is 0.319 e. The van der Waals surface area contributed by atoms with Crippen LogP contribution in [-0.4, -0.2) is 31.1 Å². The maximum atomic E-state index is 12.5. The van der Waals surface area contributed by atoms with Gasteiger partial charge in [0, 0.05) is 23.2 Å². The zero-order valence-corrected chi connectivity index (χ0v) is 19.3. The lowest BCUT2D eigenvalue weighted by atomic mass is 10.1. The van der Waals surface area contributed by atoms with Crippen molar-refractivity contribution in [1.82, 2.24) is 15.6 Å². The zero-order chi connectivity index (χ0) is 23.1. The Bertz CT molecular complexity index is 1090. The molecule has 0 aliphatic carbocycles. The van der Waals surface area contributed by atoms with Gasteiger partial charge in [0.05, 0.1) is 20.8 Å². The van der Waals surface area contributed by atoms with Gasteiger partial charge in [-0.1, -0.05) is 18.2 Å². The molecular weight excluding hydrogens is 428 g/mol. The van der Waals surface area contributed by atoms with Crippen molar-refractivity contribution in [3.8, 4) is 11.5 Å². The average Bonchev–Trinajstić information content (AvgIpc) is 3.24. The van der Waals surface area contributed by atoms with Gasteiger partial charge in [-0.2, -0.15) is 0 Å². The van der Waals surface area contributed by atoms with E-state index in [2.05, 4.69) is 20.9 Å². The molecule has 2 aromatic carbocycles. The number of carbonyl (C=O) groups is 2. The monoisotopic (exact) mass is 454 g/mol. The number of para-hydroxylation sites is 1. The number of benzene rings is 2. The van der Waals surface area contributed by atoms with E-state index in [1.165, 1.54) is 11.3 Å². The Balaban J connectivity index is 1.53.